The molecule has 0 spiro atoms. The average molecular weight is 390 g/mol. The number of hydrogen-bond donors (Lipinski definition) is 2. The lowest BCUT2D eigenvalue weighted by Gasteiger charge is -2.10. The number of benzene rings is 1. The number of rotatable bonds is 5. The highest BCUT2D eigenvalue weighted by atomic mass is 35.5. The van der Waals surface area contributed by atoms with Crippen LogP contribution < -0.4 is 5.32 Å². The number of para-hydroxylation sites is 1. The molecule has 0 unspecified atom stereocenters. The summed E-state index contributed by atoms with van der Waals surface area (Å²) in [4.78, 5) is 25.1. The molecule has 26 heavy (non-hydrogen) atoms. The van der Waals surface area contributed by atoms with E-state index in [0.29, 0.717) is 22.7 Å². The van der Waals surface area contributed by atoms with Crippen molar-refractivity contribution in [2.45, 2.75) is 19.8 Å². The molecule has 1 aliphatic rings. The maximum absolute atomic E-state index is 12.5. The predicted octanol–water partition coefficient (Wildman–Crippen LogP) is 3.64. The summed E-state index contributed by atoms with van der Waals surface area (Å²) in [5, 5.41) is 18.0. The van der Waals surface area contributed by atoms with Crippen LogP contribution in [-0.2, 0) is 4.79 Å². The molecule has 1 amide bonds. The van der Waals surface area contributed by atoms with Gasteiger partial charge in [-0.05, 0) is 38.0 Å². The van der Waals surface area contributed by atoms with Gasteiger partial charge >= 0.3 is 5.97 Å². The molecule has 0 bridgehead atoms. The summed E-state index contributed by atoms with van der Waals surface area (Å²) >= 11 is 7.60. The fourth-order valence-corrected chi connectivity index (χ4v) is 4.21. The fraction of sp³-hybridized carbons (Fsp3) is 0.278. The Kier molecular flexibility index (Phi) is 4.00. The Morgan fingerprint density at radius 2 is 2.12 bits per heavy atom. The topological polar surface area (TPSA) is 84.2 Å². The Morgan fingerprint density at radius 3 is 2.77 bits per heavy atom. The third-order valence-electron chi connectivity index (χ3n) is 4.74. The first-order valence-corrected chi connectivity index (χ1v) is 9.36. The maximum Gasteiger partial charge on any atom is 0.311 e. The summed E-state index contributed by atoms with van der Waals surface area (Å²) in [5.41, 5.74) is 0.777. The number of carboxylic acids is 1. The van der Waals surface area contributed by atoms with Gasteiger partial charge in [-0.15, -0.1) is 11.3 Å². The van der Waals surface area contributed by atoms with Crippen molar-refractivity contribution in [2.75, 3.05) is 6.54 Å². The number of fused-ring (bicyclic) bond motifs is 1. The van der Waals surface area contributed by atoms with Crippen molar-refractivity contribution >= 4 is 45.0 Å². The van der Waals surface area contributed by atoms with Gasteiger partial charge in [0.1, 0.15) is 4.83 Å². The Labute approximate surface area is 158 Å². The van der Waals surface area contributed by atoms with Crippen LogP contribution in [0.1, 0.15) is 28.2 Å². The van der Waals surface area contributed by atoms with Gasteiger partial charge in [-0.2, -0.15) is 5.10 Å². The lowest BCUT2D eigenvalue weighted by molar-refractivity contribution is -0.143. The van der Waals surface area contributed by atoms with Crippen molar-refractivity contribution in [3.05, 3.63) is 45.9 Å². The Bertz CT molecular complexity index is 1040. The number of nitrogens with one attached hydrogen (secondary N) is 1. The van der Waals surface area contributed by atoms with Gasteiger partial charge in [0.15, 0.2) is 0 Å². The number of carboxylic acid groups (broad SMARTS) is 1. The van der Waals surface area contributed by atoms with Crippen LogP contribution in [0, 0.1) is 12.3 Å². The van der Waals surface area contributed by atoms with Crippen LogP contribution in [0.3, 0.4) is 0 Å². The summed E-state index contributed by atoms with van der Waals surface area (Å²) < 4.78 is 1.74. The molecule has 1 saturated carbocycles. The van der Waals surface area contributed by atoms with Crippen LogP contribution >= 0.6 is 22.9 Å². The van der Waals surface area contributed by atoms with Gasteiger partial charge in [-0.1, -0.05) is 23.7 Å². The van der Waals surface area contributed by atoms with Crippen LogP contribution in [-0.4, -0.2) is 33.3 Å². The van der Waals surface area contributed by atoms with E-state index in [0.717, 1.165) is 21.6 Å². The number of nitrogens with zero attached hydrogens (tertiary/aromatic N) is 2. The summed E-state index contributed by atoms with van der Waals surface area (Å²) in [5.74, 6) is -1.11. The molecule has 2 N–H and O–H groups in total. The van der Waals surface area contributed by atoms with Crippen molar-refractivity contribution in [2.24, 2.45) is 5.41 Å². The number of amides is 1. The van der Waals surface area contributed by atoms with E-state index in [2.05, 4.69) is 10.4 Å². The summed E-state index contributed by atoms with van der Waals surface area (Å²) in [7, 11) is 0. The third-order valence-corrected chi connectivity index (χ3v) is 6.17. The zero-order chi connectivity index (χ0) is 18.5. The van der Waals surface area contributed by atoms with Crippen LogP contribution in [0.25, 0.3) is 15.9 Å². The molecule has 2 aromatic heterocycles. The van der Waals surface area contributed by atoms with E-state index in [9.17, 15) is 14.7 Å². The number of halogens is 1. The fourth-order valence-electron chi connectivity index (χ4n) is 2.90. The van der Waals surface area contributed by atoms with Gasteiger partial charge in [0, 0.05) is 11.9 Å². The zero-order valence-corrected chi connectivity index (χ0v) is 15.5. The maximum atomic E-state index is 12.5. The minimum atomic E-state index is -0.848. The molecule has 3 aromatic rings. The summed E-state index contributed by atoms with van der Waals surface area (Å²) in [6.45, 7) is 2.04. The van der Waals surface area contributed by atoms with E-state index in [4.69, 9.17) is 11.6 Å². The summed E-state index contributed by atoms with van der Waals surface area (Å²) in [6, 6.07) is 9.19. The van der Waals surface area contributed by atoms with Gasteiger partial charge < -0.3 is 10.4 Å². The highest BCUT2D eigenvalue weighted by Gasteiger charge is 2.50. The number of carbonyl (C=O) groups is 2. The molecule has 0 atom stereocenters. The smallest absolute Gasteiger partial charge is 0.311 e. The van der Waals surface area contributed by atoms with E-state index in [1.54, 1.807) is 16.8 Å². The zero-order valence-electron chi connectivity index (χ0n) is 14.0. The molecule has 134 valence electrons. The molecule has 8 heteroatoms. The van der Waals surface area contributed by atoms with Gasteiger partial charge in [-0.25, -0.2) is 4.68 Å². The van der Waals surface area contributed by atoms with Crippen molar-refractivity contribution in [1.29, 1.82) is 0 Å². The molecule has 0 aliphatic heterocycles. The van der Waals surface area contributed by atoms with Crippen LogP contribution in [0.5, 0.6) is 0 Å². The number of carbonyl (C=O) groups excluding carboxylic acids is 1. The standard InChI is InChI=1S/C18H16ClN3O3S/c1-10-11-8-14(15(23)20-9-18(6-7-18)17(24)25)26-16(11)22(21-10)13-5-3-2-4-12(13)19/h2-5,8H,6-7,9H2,1H3,(H,20,23)(H,24,25). The number of thiophene rings is 1. The normalized spacial score (nSPS) is 15.2. The highest BCUT2D eigenvalue weighted by molar-refractivity contribution is 7.20. The Morgan fingerprint density at radius 1 is 1.38 bits per heavy atom. The van der Waals surface area contributed by atoms with Crippen molar-refractivity contribution in [3.63, 3.8) is 0 Å². The molecule has 1 fully saturated rings. The number of aromatic nitrogens is 2. The largest absolute Gasteiger partial charge is 0.481 e. The van der Waals surface area contributed by atoms with E-state index in [1.165, 1.54) is 11.3 Å². The monoisotopic (exact) mass is 389 g/mol. The molecule has 0 saturated heterocycles. The molecule has 1 aliphatic carbocycles. The van der Waals surface area contributed by atoms with E-state index >= 15 is 0 Å². The molecular formula is C18H16ClN3O3S. The Balaban J connectivity index is 1.64. The van der Waals surface area contributed by atoms with E-state index in [-0.39, 0.29) is 12.5 Å². The van der Waals surface area contributed by atoms with Crippen LogP contribution in [0.2, 0.25) is 5.02 Å². The molecule has 0 radical (unpaired) electrons. The second-order valence-corrected chi connectivity index (χ2v) is 7.98. The number of hydrogen-bond acceptors (Lipinski definition) is 4. The minimum absolute atomic E-state index is 0.158. The van der Waals surface area contributed by atoms with E-state index < -0.39 is 11.4 Å². The van der Waals surface area contributed by atoms with Gasteiger partial charge in [0.05, 0.1) is 26.7 Å². The molecular weight excluding hydrogens is 374 g/mol. The minimum Gasteiger partial charge on any atom is -0.481 e. The van der Waals surface area contributed by atoms with Crippen LogP contribution in [0.4, 0.5) is 0 Å². The lowest BCUT2D eigenvalue weighted by Crippen LogP contribution is -2.33. The van der Waals surface area contributed by atoms with Crippen molar-refractivity contribution < 1.29 is 14.7 Å². The first-order valence-electron chi connectivity index (χ1n) is 8.17. The Hall–Kier alpha value is -2.38. The van der Waals surface area contributed by atoms with Gasteiger partial charge in [0.25, 0.3) is 5.91 Å². The number of aryl methyl sites for hydroxylation is 1. The average Bonchev–Trinajstić information content (AvgIpc) is 3.18. The second kappa shape index (κ2) is 6.10. The first-order chi connectivity index (χ1) is 12.4. The van der Waals surface area contributed by atoms with Gasteiger partial charge in [0.2, 0.25) is 0 Å². The second-order valence-electron chi connectivity index (χ2n) is 6.55. The summed E-state index contributed by atoms with van der Waals surface area (Å²) in [6.07, 6.45) is 1.21. The van der Waals surface area contributed by atoms with E-state index in [1.807, 2.05) is 25.1 Å². The SMILES string of the molecule is Cc1nn(-c2ccccc2Cl)c2sc(C(=O)NCC3(C(=O)O)CC3)cc12. The highest BCUT2D eigenvalue weighted by Crippen LogP contribution is 2.45. The third kappa shape index (κ3) is 2.77. The molecule has 6 nitrogen and oxygen atoms in total. The van der Waals surface area contributed by atoms with Gasteiger partial charge in [-0.3, -0.25) is 9.59 Å². The predicted molar refractivity (Wildman–Crippen MR) is 100 cm³/mol. The quantitative estimate of drug-likeness (QED) is 0.697. The molecule has 4 rings (SSSR count). The lowest BCUT2D eigenvalue weighted by atomic mass is 10.1. The first kappa shape index (κ1) is 17.1. The van der Waals surface area contributed by atoms with Crippen molar-refractivity contribution in [1.82, 2.24) is 15.1 Å². The molecule has 1 aromatic carbocycles. The van der Waals surface area contributed by atoms with Crippen molar-refractivity contribution in [3.8, 4) is 5.69 Å². The van der Waals surface area contributed by atoms with Crippen LogP contribution in [0.15, 0.2) is 30.3 Å². The number of aliphatic carboxylic acids is 1. The molecule has 2 heterocycles.